The SMILES string of the molecule is CC1(C)CC[C@]2(C(=O)N3CCN(CC(=O)/C=C/c4ccccc4)CC3)CC[C@]3(C)C(=CC[C@@H]4[C@@]5(C)CCC(NC(=O)/C=C/c6ccccc6)C(C)(C)[C@@H]5CC[C@]43C)[C@@H]2C1. The van der Waals surface area contributed by atoms with E-state index in [1.54, 1.807) is 17.7 Å². The third kappa shape index (κ3) is 7.42. The number of ketones is 1. The fourth-order valence-electron chi connectivity index (χ4n) is 14.3. The molecule has 316 valence electrons. The number of allylic oxidation sites excluding steroid dienone is 2. The van der Waals surface area contributed by atoms with E-state index >= 15 is 4.79 Å². The number of fused-ring (bicyclic) bond motifs is 7. The number of hydrogen-bond donors (Lipinski definition) is 1. The molecule has 1 heterocycles. The first-order valence-electron chi connectivity index (χ1n) is 23.0. The van der Waals surface area contributed by atoms with Gasteiger partial charge in [-0.15, -0.1) is 0 Å². The van der Waals surface area contributed by atoms with Crippen molar-refractivity contribution >= 4 is 29.7 Å². The van der Waals surface area contributed by atoms with E-state index in [1.165, 1.54) is 12.8 Å². The molecule has 0 aromatic heterocycles. The van der Waals surface area contributed by atoms with Crippen molar-refractivity contribution in [2.24, 2.45) is 50.2 Å². The molecule has 5 fully saturated rings. The van der Waals surface area contributed by atoms with E-state index in [9.17, 15) is 9.59 Å². The minimum absolute atomic E-state index is 0.00788. The van der Waals surface area contributed by atoms with Gasteiger partial charge in [0.2, 0.25) is 11.8 Å². The second kappa shape index (κ2) is 15.6. The molecular formula is C53H71N3O3. The van der Waals surface area contributed by atoms with Gasteiger partial charge in [-0.1, -0.05) is 127 Å². The van der Waals surface area contributed by atoms with E-state index in [1.807, 2.05) is 72.8 Å². The first-order chi connectivity index (χ1) is 28.0. The number of hydrogen-bond acceptors (Lipinski definition) is 4. The number of carbonyl (C=O) groups is 3. The smallest absolute Gasteiger partial charge is 0.244 e. The van der Waals surface area contributed by atoms with Gasteiger partial charge in [0, 0.05) is 38.3 Å². The van der Waals surface area contributed by atoms with Crippen LogP contribution in [-0.4, -0.2) is 66.2 Å². The molecule has 5 aliphatic carbocycles. The summed E-state index contributed by atoms with van der Waals surface area (Å²) in [6, 6.07) is 20.2. The Balaban J connectivity index is 0.984. The van der Waals surface area contributed by atoms with Gasteiger partial charge in [-0.05, 0) is 132 Å². The number of carbonyl (C=O) groups excluding carboxylic acids is 3. The molecule has 0 radical (unpaired) electrons. The molecule has 0 bridgehead atoms. The molecule has 1 saturated heterocycles. The van der Waals surface area contributed by atoms with Crippen LogP contribution >= 0.6 is 0 Å². The van der Waals surface area contributed by atoms with Crippen LogP contribution in [0.25, 0.3) is 12.2 Å². The Labute approximate surface area is 355 Å². The molecule has 1 aliphatic heterocycles. The van der Waals surface area contributed by atoms with Crippen molar-refractivity contribution in [3.8, 4) is 0 Å². The highest BCUT2D eigenvalue weighted by atomic mass is 16.2. The normalized spacial score (nSPS) is 36.5. The third-order valence-corrected chi connectivity index (χ3v) is 17.9. The molecule has 6 nitrogen and oxygen atoms in total. The number of amides is 2. The van der Waals surface area contributed by atoms with Crippen LogP contribution in [0, 0.1) is 50.2 Å². The quantitative estimate of drug-likeness (QED) is 0.213. The van der Waals surface area contributed by atoms with E-state index in [0.29, 0.717) is 37.4 Å². The molecule has 6 heteroatoms. The minimum Gasteiger partial charge on any atom is -0.349 e. The van der Waals surface area contributed by atoms with Crippen molar-refractivity contribution in [2.45, 2.75) is 119 Å². The second-order valence-corrected chi connectivity index (χ2v) is 21.8. The van der Waals surface area contributed by atoms with Gasteiger partial charge < -0.3 is 10.2 Å². The van der Waals surface area contributed by atoms with Crippen LogP contribution in [0.4, 0.5) is 0 Å². The van der Waals surface area contributed by atoms with Gasteiger partial charge in [-0.3, -0.25) is 19.3 Å². The molecule has 0 spiro atoms. The van der Waals surface area contributed by atoms with Crippen LogP contribution in [-0.2, 0) is 14.4 Å². The number of nitrogens with one attached hydrogen (secondary N) is 1. The fraction of sp³-hybridized carbons (Fsp3) is 0.604. The zero-order chi connectivity index (χ0) is 41.8. The Morgan fingerprint density at radius 2 is 1.34 bits per heavy atom. The van der Waals surface area contributed by atoms with Gasteiger partial charge in [0.25, 0.3) is 0 Å². The Hall–Kier alpha value is -3.77. The monoisotopic (exact) mass is 798 g/mol. The molecule has 2 aromatic carbocycles. The van der Waals surface area contributed by atoms with E-state index < -0.39 is 0 Å². The Morgan fingerprint density at radius 1 is 0.712 bits per heavy atom. The highest BCUT2D eigenvalue weighted by Crippen LogP contribution is 2.76. The van der Waals surface area contributed by atoms with Crippen LogP contribution in [0.15, 0.2) is 84.5 Å². The van der Waals surface area contributed by atoms with Crippen molar-refractivity contribution in [1.82, 2.24) is 15.1 Å². The molecule has 1 N–H and O–H groups in total. The first-order valence-corrected chi connectivity index (χ1v) is 23.0. The molecule has 2 amide bonds. The standard InChI is InChI=1S/C53H71N3O3/c1-48(2)28-30-53(47(59)56-34-32-55(33-35-56)37-40(57)20-18-38-14-10-8-11-15-38)31-29-51(6)41(42(53)36-48)21-22-44-50(5)26-25-45(49(3,4)43(50)24-27-52(44,51)7)54-46(58)23-19-39-16-12-9-13-17-39/h8-21,23,42-45H,22,24-37H2,1-7H3,(H,54,58)/b20-18+,23-19+/t42-,43-,44+,45?,50-,51+,52+,53-/m0/s1. The van der Waals surface area contributed by atoms with Crippen molar-refractivity contribution in [2.75, 3.05) is 32.7 Å². The lowest BCUT2D eigenvalue weighted by molar-refractivity contribution is -0.190. The Bertz CT molecular complexity index is 1990. The van der Waals surface area contributed by atoms with Crippen LogP contribution < -0.4 is 5.32 Å². The van der Waals surface area contributed by atoms with E-state index in [2.05, 4.69) is 69.7 Å². The van der Waals surface area contributed by atoms with Crippen LogP contribution in [0.2, 0.25) is 0 Å². The maximum atomic E-state index is 15.1. The van der Waals surface area contributed by atoms with Crippen LogP contribution in [0.5, 0.6) is 0 Å². The summed E-state index contributed by atoms with van der Waals surface area (Å²) in [6.07, 6.45) is 20.7. The number of nitrogens with zero attached hydrogens (tertiary/aromatic N) is 2. The van der Waals surface area contributed by atoms with Crippen molar-refractivity contribution in [1.29, 1.82) is 0 Å². The molecule has 8 atom stereocenters. The van der Waals surface area contributed by atoms with E-state index in [4.69, 9.17) is 0 Å². The van der Waals surface area contributed by atoms with Crippen molar-refractivity contribution < 1.29 is 14.4 Å². The second-order valence-electron chi connectivity index (χ2n) is 21.8. The Kier molecular flexibility index (Phi) is 11.1. The van der Waals surface area contributed by atoms with Gasteiger partial charge in [-0.25, -0.2) is 0 Å². The summed E-state index contributed by atoms with van der Waals surface area (Å²) in [6.45, 7) is 20.9. The average Bonchev–Trinajstić information content (AvgIpc) is 3.21. The largest absolute Gasteiger partial charge is 0.349 e. The lowest BCUT2D eigenvalue weighted by Crippen LogP contribution is -2.67. The van der Waals surface area contributed by atoms with E-state index in [-0.39, 0.29) is 56.1 Å². The summed E-state index contributed by atoms with van der Waals surface area (Å²) in [5.41, 5.74) is 3.91. The highest BCUT2D eigenvalue weighted by Gasteiger charge is 2.69. The number of benzene rings is 2. The fourth-order valence-corrected chi connectivity index (χ4v) is 14.3. The van der Waals surface area contributed by atoms with Crippen molar-refractivity contribution in [3.63, 3.8) is 0 Å². The van der Waals surface area contributed by atoms with Crippen LogP contribution in [0.1, 0.15) is 124 Å². The molecule has 2 aromatic rings. The van der Waals surface area contributed by atoms with E-state index in [0.717, 1.165) is 75.6 Å². The number of piperazine rings is 1. The molecule has 1 unspecified atom stereocenters. The summed E-state index contributed by atoms with van der Waals surface area (Å²) in [4.78, 5) is 45.8. The average molecular weight is 798 g/mol. The lowest BCUT2D eigenvalue weighted by atomic mass is 9.33. The molecule has 4 saturated carbocycles. The molecular weight excluding hydrogens is 727 g/mol. The zero-order valence-electron chi connectivity index (χ0n) is 37.2. The predicted octanol–water partition coefficient (Wildman–Crippen LogP) is 10.4. The van der Waals surface area contributed by atoms with Gasteiger partial charge in [0.05, 0.1) is 12.0 Å². The topological polar surface area (TPSA) is 69.7 Å². The Morgan fingerprint density at radius 3 is 2.00 bits per heavy atom. The summed E-state index contributed by atoms with van der Waals surface area (Å²) in [7, 11) is 0. The molecule has 8 rings (SSSR count). The minimum atomic E-state index is -0.339. The molecule has 6 aliphatic rings. The van der Waals surface area contributed by atoms with Gasteiger partial charge in [-0.2, -0.15) is 0 Å². The predicted molar refractivity (Wildman–Crippen MR) is 240 cm³/mol. The van der Waals surface area contributed by atoms with Gasteiger partial charge in [0.15, 0.2) is 5.78 Å². The summed E-state index contributed by atoms with van der Waals surface area (Å²) >= 11 is 0. The van der Waals surface area contributed by atoms with Crippen molar-refractivity contribution in [3.05, 3.63) is 95.6 Å². The summed E-state index contributed by atoms with van der Waals surface area (Å²) in [5, 5.41) is 3.47. The number of rotatable bonds is 8. The highest BCUT2D eigenvalue weighted by molar-refractivity contribution is 5.95. The molecule has 59 heavy (non-hydrogen) atoms. The maximum absolute atomic E-state index is 15.1. The zero-order valence-corrected chi connectivity index (χ0v) is 37.2. The summed E-state index contributed by atoms with van der Waals surface area (Å²) < 4.78 is 0. The third-order valence-electron chi connectivity index (χ3n) is 17.9. The summed E-state index contributed by atoms with van der Waals surface area (Å²) in [5.74, 6) is 1.87. The first kappa shape index (κ1) is 41.9. The lowest BCUT2D eigenvalue weighted by Gasteiger charge is -2.71. The van der Waals surface area contributed by atoms with Crippen LogP contribution in [0.3, 0.4) is 0 Å². The van der Waals surface area contributed by atoms with Gasteiger partial charge >= 0.3 is 0 Å². The maximum Gasteiger partial charge on any atom is 0.244 e. The van der Waals surface area contributed by atoms with Gasteiger partial charge in [0.1, 0.15) is 0 Å².